The minimum absolute atomic E-state index is 0.000531. The molecule has 1 heterocycles. The van der Waals surface area contributed by atoms with Crippen molar-refractivity contribution >= 4 is 29.6 Å². The summed E-state index contributed by atoms with van der Waals surface area (Å²) in [6.07, 6.45) is 4.43. The summed E-state index contributed by atoms with van der Waals surface area (Å²) >= 11 is 0. The van der Waals surface area contributed by atoms with Crippen LogP contribution in [-0.4, -0.2) is 47.6 Å². The standard InChI is InChI=1S/C35H42N4O7/c1-5-45-32(41)16-10-9-14-29(38-35(44)46-23-27-12-7-6-8-13-27)33(42)37-30-15-11-19-39(34(30)43)22-31(40)36-18-17-28-25(3)20-24(2)21-26(28)4/h6-8,10-13,15-16,19-21,29H,5,9,14,17-18,22-23H2,1-4H3,(H,36,40)(H,37,42)(H,38,44)/b16-10+/t29-/m0/s1. The van der Waals surface area contributed by atoms with Crippen LogP contribution in [0.4, 0.5) is 10.5 Å². The smallest absolute Gasteiger partial charge is 0.408 e. The number of anilines is 1. The Hall–Kier alpha value is -5.19. The fraction of sp³-hybridized carbons (Fsp3) is 0.343. The molecule has 11 nitrogen and oxygen atoms in total. The lowest BCUT2D eigenvalue weighted by molar-refractivity contribution is -0.137. The molecule has 0 aliphatic rings. The number of hydrogen-bond donors (Lipinski definition) is 3. The number of rotatable bonds is 15. The third kappa shape index (κ3) is 11.4. The van der Waals surface area contributed by atoms with E-state index in [0.717, 1.165) is 5.56 Å². The Morgan fingerprint density at radius 1 is 0.957 bits per heavy atom. The number of alkyl carbamates (subject to hydrolysis) is 1. The Bertz CT molecular complexity index is 1570. The fourth-order valence-electron chi connectivity index (χ4n) is 4.93. The molecule has 46 heavy (non-hydrogen) atoms. The monoisotopic (exact) mass is 630 g/mol. The summed E-state index contributed by atoms with van der Waals surface area (Å²) < 4.78 is 11.3. The van der Waals surface area contributed by atoms with E-state index >= 15 is 0 Å². The van der Waals surface area contributed by atoms with Crippen molar-refractivity contribution < 1.29 is 28.7 Å². The molecule has 0 radical (unpaired) electrons. The molecule has 0 unspecified atom stereocenters. The molecule has 244 valence electrons. The van der Waals surface area contributed by atoms with E-state index in [1.54, 1.807) is 25.1 Å². The molecule has 0 saturated heterocycles. The number of aromatic nitrogens is 1. The van der Waals surface area contributed by atoms with Gasteiger partial charge in [0, 0.05) is 18.8 Å². The van der Waals surface area contributed by atoms with Gasteiger partial charge in [-0.3, -0.25) is 14.4 Å². The van der Waals surface area contributed by atoms with Crippen LogP contribution < -0.4 is 21.5 Å². The van der Waals surface area contributed by atoms with Crippen LogP contribution in [0.3, 0.4) is 0 Å². The summed E-state index contributed by atoms with van der Waals surface area (Å²) in [4.78, 5) is 63.3. The maximum Gasteiger partial charge on any atom is 0.408 e. The van der Waals surface area contributed by atoms with Gasteiger partial charge in [0.15, 0.2) is 0 Å². The van der Waals surface area contributed by atoms with Crippen LogP contribution in [0.2, 0.25) is 0 Å². The van der Waals surface area contributed by atoms with Crippen LogP contribution in [0.15, 0.2) is 77.7 Å². The van der Waals surface area contributed by atoms with E-state index in [1.165, 1.54) is 51.2 Å². The van der Waals surface area contributed by atoms with Gasteiger partial charge in [0.05, 0.1) is 6.61 Å². The lowest BCUT2D eigenvalue weighted by atomic mass is 9.97. The van der Waals surface area contributed by atoms with Crippen molar-refractivity contribution in [1.82, 2.24) is 15.2 Å². The number of pyridine rings is 1. The molecule has 1 aromatic heterocycles. The molecular weight excluding hydrogens is 588 g/mol. The maximum absolute atomic E-state index is 13.3. The fourth-order valence-corrected chi connectivity index (χ4v) is 4.93. The predicted molar refractivity (Wildman–Crippen MR) is 175 cm³/mol. The van der Waals surface area contributed by atoms with Crippen molar-refractivity contribution in [3.63, 3.8) is 0 Å². The van der Waals surface area contributed by atoms with Crippen LogP contribution in [0.5, 0.6) is 0 Å². The highest BCUT2D eigenvalue weighted by Gasteiger charge is 2.22. The van der Waals surface area contributed by atoms with E-state index in [1.807, 2.05) is 39.0 Å². The van der Waals surface area contributed by atoms with Crippen molar-refractivity contribution in [1.29, 1.82) is 0 Å². The van der Waals surface area contributed by atoms with Gasteiger partial charge < -0.3 is 30.0 Å². The molecule has 2 aromatic carbocycles. The van der Waals surface area contributed by atoms with Gasteiger partial charge in [0.2, 0.25) is 11.8 Å². The third-order valence-electron chi connectivity index (χ3n) is 7.11. The van der Waals surface area contributed by atoms with Crippen molar-refractivity contribution in [2.24, 2.45) is 0 Å². The Morgan fingerprint density at radius 3 is 2.37 bits per heavy atom. The van der Waals surface area contributed by atoms with Gasteiger partial charge in [0.25, 0.3) is 5.56 Å². The van der Waals surface area contributed by atoms with Gasteiger partial charge in [0.1, 0.15) is 24.9 Å². The zero-order chi connectivity index (χ0) is 33.5. The first-order valence-electron chi connectivity index (χ1n) is 15.2. The normalized spacial score (nSPS) is 11.5. The lowest BCUT2D eigenvalue weighted by Gasteiger charge is -2.18. The highest BCUT2D eigenvalue weighted by molar-refractivity contribution is 5.96. The zero-order valence-corrected chi connectivity index (χ0v) is 26.8. The number of allylic oxidation sites excluding steroid dienone is 1. The van der Waals surface area contributed by atoms with Crippen molar-refractivity contribution in [3.05, 3.63) is 111 Å². The number of carbonyl (C=O) groups excluding carboxylic acids is 4. The van der Waals surface area contributed by atoms with Crippen LogP contribution in [-0.2, 0) is 43.4 Å². The number of ether oxygens (including phenoxy) is 2. The first-order chi connectivity index (χ1) is 22.1. The number of benzene rings is 2. The second-order valence-electron chi connectivity index (χ2n) is 10.8. The molecule has 3 rings (SSSR count). The number of amides is 3. The van der Waals surface area contributed by atoms with Gasteiger partial charge in [-0.25, -0.2) is 9.59 Å². The lowest BCUT2D eigenvalue weighted by Crippen LogP contribution is -2.45. The molecule has 0 spiro atoms. The second kappa shape index (κ2) is 17.9. The first kappa shape index (κ1) is 35.3. The van der Waals surface area contributed by atoms with Crippen molar-refractivity contribution in [3.8, 4) is 0 Å². The number of carbonyl (C=O) groups is 4. The molecule has 0 aliphatic carbocycles. The topological polar surface area (TPSA) is 145 Å². The Labute approximate surface area is 269 Å². The van der Waals surface area contributed by atoms with Crippen molar-refractivity contribution in [2.45, 2.75) is 66.2 Å². The quantitative estimate of drug-likeness (QED) is 0.168. The summed E-state index contributed by atoms with van der Waals surface area (Å²) in [5, 5.41) is 7.96. The number of hydrogen-bond acceptors (Lipinski definition) is 7. The minimum Gasteiger partial charge on any atom is -0.463 e. The molecule has 3 N–H and O–H groups in total. The highest BCUT2D eigenvalue weighted by Crippen LogP contribution is 2.16. The van der Waals surface area contributed by atoms with Gasteiger partial charge in [-0.1, -0.05) is 54.1 Å². The first-order valence-corrected chi connectivity index (χ1v) is 15.2. The van der Waals surface area contributed by atoms with Crippen LogP contribution in [0.1, 0.15) is 47.6 Å². The Kier molecular flexibility index (Phi) is 13.8. The third-order valence-corrected chi connectivity index (χ3v) is 7.11. The average molecular weight is 631 g/mol. The van der Waals surface area contributed by atoms with Crippen LogP contribution in [0.25, 0.3) is 0 Å². The Morgan fingerprint density at radius 2 is 1.67 bits per heavy atom. The van der Waals surface area contributed by atoms with E-state index in [0.29, 0.717) is 13.0 Å². The number of aryl methyl sites for hydroxylation is 3. The van der Waals surface area contributed by atoms with Crippen LogP contribution >= 0.6 is 0 Å². The summed E-state index contributed by atoms with van der Waals surface area (Å²) in [6.45, 7) is 8.23. The zero-order valence-electron chi connectivity index (χ0n) is 26.8. The molecule has 0 bridgehead atoms. The molecule has 3 aromatic rings. The summed E-state index contributed by atoms with van der Waals surface area (Å²) in [5.74, 6) is -1.53. The van der Waals surface area contributed by atoms with E-state index in [4.69, 9.17) is 9.47 Å². The number of nitrogens with one attached hydrogen (secondary N) is 3. The highest BCUT2D eigenvalue weighted by atomic mass is 16.5. The van der Waals surface area contributed by atoms with Gasteiger partial charge in [-0.2, -0.15) is 0 Å². The van der Waals surface area contributed by atoms with Gasteiger partial charge in [-0.15, -0.1) is 0 Å². The van der Waals surface area contributed by atoms with Gasteiger partial charge >= 0.3 is 12.1 Å². The van der Waals surface area contributed by atoms with E-state index in [2.05, 4.69) is 28.1 Å². The Balaban J connectivity index is 1.62. The second-order valence-corrected chi connectivity index (χ2v) is 10.8. The SMILES string of the molecule is CCOC(=O)/C=C/CC[C@H](NC(=O)OCc1ccccc1)C(=O)Nc1cccn(CC(=O)NCCc2c(C)cc(C)cc2C)c1=O. The molecule has 11 heteroatoms. The van der Waals surface area contributed by atoms with E-state index in [9.17, 15) is 24.0 Å². The molecule has 0 aliphatic heterocycles. The van der Waals surface area contributed by atoms with E-state index < -0.39 is 29.6 Å². The molecule has 0 saturated carbocycles. The maximum atomic E-state index is 13.3. The molecule has 0 fully saturated rings. The summed E-state index contributed by atoms with van der Waals surface area (Å²) in [7, 11) is 0. The number of esters is 1. The molecule has 3 amide bonds. The summed E-state index contributed by atoms with van der Waals surface area (Å²) in [5.41, 5.74) is 4.82. The summed E-state index contributed by atoms with van der Waals surface area (Å²) in [6, 6.07) is 15.1. The predicted octanol–water partition coefficient (Wildman–Crippen LogP) is 4.27. The van der Waals surface area contributed by atoms with E-state index in [-0.39, 0.29) is 44.2 Å². The van der Waals surface area contributed by atoms with Crippen molar-refractivity contribution in [2.75, 3.05) is 18.5 Å². The van der Waals surface area contributed by atoms with Crippen LogP contribution in [0, 0.1) is 20.8 Å². The minimum atomic E-state index is -1.10. The average Bonchev–Trinajstić information content (AvgIpc) is 3.01. The largest absolute Gasteiger partial charge is 0.463 e. The number of nitrogens with zero attached hydrogens (tertiary/aromatic N) is 1. The molecule has 1 atom stereocenters. The molecular formula is C35H42N4O7. The van der Waals surface area contributed by atoms with Gasteiger partial charge in [-0.05, 0) is 81.3 Å².